The van der Waals surface area contributed by atoms with Gasteiger partial charge in [0, 0.05) is 22.0 Å². The zero-order valence-electron chi connectivity index (χ0n) is 10.6. The number of rotatable bonds is 3. The van der Waals surface area contributed by atoms with E-state index in [1.54, 1.807) is 38.1 Å². The average Bonchev–Trinajstić information content (AvgIpc) is 2.35. The molecule has 1 aromatic heterocycles. The van der Waals surface area contributed by atoms with Crippen LogP contribution in [0.25, 0.3) is 0 Å². The Bertz CT molecular complexity index is 641. The van der Waals surface area contributed by atoms with Crippen molar-refractivity contribution in [2.24, 2.45) is 0 Å². The third-order valence-electron chi connectivity index (χ3n) is 2.77. The van der Waals surface area contributed by atoms with Gasteiger partial charge in [0.15, 0.2) is 5.78 Å². The largest absolute Gasteiger partial charge is 0.294 e. The molecule has 0 bridgehead atoms. The molecule has 1 heterocycles. The smallest absolute Gasteiger partial charge is 0.169 e. The number of hydrogen-bond donors (Lipinski definition) is 0. The first-order valence-electron chi connectivity index (χ1n) is 5.75. The summed E-state index contributed by atoms with van der Waals surface area (Å²) in [7, 11) is 0. The lowest BCUT2D eigenvalue weighted by atomic mass is 10.0. The first kappa shape index (κ1) is 14.0. The molecular weight excluding hydrogens is 283 g/mol. The van der Waals surface area contributed by atoms with Crippen LogP contribution in [-0.4, -0.2) is 16.0 Å². The molecule has 0 saturated heterocycles. The Hall–Kier alpha value is -1.45. The number of carbonyl (C=O) groups excluding carboxylic acids is 1. The van der Waals surface area contributed by atoms with Crippen molar-refractivity contribution in [2.45, 2.75) is 20.3 Å². The second-order valence-electron chi connectivity index (χ2n) is 4.32. The van der Waals surface area contributed by atoms with Crippen LogP contribution in [0.1, 0.15) is 27.3 Å². The van der Waals surface area contributed by atoms with Crippen molar-refractivity contribution in [3.8, 4) is 0 Å². The molecule has 3 nitrogen and oxygen atoms in total. The molecule has 0 fully saturated rings. The Morgan fingerprint density at radius 3 is 2.58 bits per heavy atom. The van der Waals surface area contributed by atoms with Gasteiger partial charge in [-0.05, 0) is 37.6 Å². The van der Waals surface area contributed by atoms with E-state index in [2.05, 4.69) is 10.2 Å². The quantitative estimate of drug-likeness (QED) is 0.808. The van der Waals surface area contributed by atoms with Crippen molar-refractivity contribution >= 4 is 29.0 Å². The number of aryl methyl sites for hydroxylation is 2. The van der Waals surface area contributed by atoms with E-state index in [0.717, 1.165) is 11.3 Å². The highest BCUT2D eigenvalue weighted by atomic mass is 35.5. The Morgan fingerprint density at radius 2 is 1.89 bits per heavy atom. The average molecular weight is 295 g/mol. The van der Waals surface area contributed by atoms with Crippen molar-refractivity contribution in [3.63, 3.8) is 0 Å². The number of benzene rings is 1. The Kier molecular flexibility index (Phi) is 4.17. The molecule has 0 unspecified atom stereocenters. The van der Waals surface area contributed by atoms with Crippen LogP contribution in [0.15, 0.2) is 24.3 Å². The maximum Gasteiger partial charge on any atom is 0.169 e. The van der Waals surface area contributed by atoms with E-state index in [1.807, 2.05) is 0 Å². The molecule has 2 rings (SSSR count). The number of hydrogen-bond acceptors (Lipinski definition) is 3. The van der Waals surface area contributed by atoms with Crippen LogP contribution in [0, 0.1) is 13.8 Å². The van der Waals surface area contributed by atoms with Crippen LogP contribution >= 0.6 is 23.2 Å². The van der Waals surface area contributed by atoms with Crippen molar-refractivity contribution in [1.82, 2.24) is 10.2 Å². The fourth-order valence-corrected chi connectivity index (χ4v) is 2.24. The van der Waals surface area contributed by atoms with Crippen LogP contribution in [0.4, 0.5) is 0 Å². The van der Waals surface area contributed by atoms with E-state index in [0.29, 0.717) is 21.3 Å². The zero-order chi connectivity index (χ0) is 14.0. The van der Waals surface area contributed by atoms with Crippen LogP contribution in [-0.2, 0) is 6.42 Å². The highest BCUT2D eigenvalue weighted by Gasteiger charge is 2.13. The van der Waals surface area contributed by atoms with Gasteiger partial charge < -0.3 is 0 Å². The fourth-order valence-electron chi connectivity index (χ4n) is 1.77. The predicted molar refractivity (Wildman–Crippen MR) is 76.0 cm³/mol. The van der Waals surface area contributed by atoms with Crippen molar-refractivity contribution in [2.75, 3.05) is 0 Å². The number of halogens is 2. The second-order valence-corrected chi connectivity index (χ2v) is 5.16. The summed E-state index contributed by atoms with van der Waals surface area (Å²) in [5.41, 5.74) is 2.68. The molecule has 2 aromatic rings. The number of Topliss-reactive ketones (excluding diaryl/α,β-unsaturated/α-hetero) is 1. The molecule has 19 heavy (non-hydrogen) atoms. The summed E-state index contributed by atoms with van der Waals surface area (Å²) in [5, 5.41) is 8.92. The normalized spacial score (nSPS) is 10.5. The highest BCUT2D eigenvalue weighted by molar-refractivity contribution is 6.35. The minimum absolute atomic E-state index is 0.0280. The summed E-state index contributed by atoms with van der Waals surface area (Å²) in [6.45, 7) is 3.57. The molecule has 0 saturated carbocycles. The van der Waals surface area contributed by atoms with Gasteiger partial charge in [-0.25, -0.2) is 0 Å². The van der Waals surface area contributed by atoms with Gasteiger partial charge in [0.1, 0.15) is 0 Å². The molecule has 1 aromatic carbocycles. The first-order chi connectivity index (χ1) is 8.97. The number of aromatic nitrogens is 2. The minimum Gasteiger partial charge on any atom is -0.294 e. The van der Waals surface area contributed by atoms with Crippen LogP contribution < -0.4 is 0 Å². The predicted octanol–water partition coefficient (Wildman–Crippen LogP) is 3.83. The highest BCUT2D eigenvalue weighted by Crippen LogP contribution is 2.22. The minimum atomic E-state index is -0.0280. The zero-order valence-corrected chi connectivity index (χ0v) is 12.1. The maximum atomic E-state index is 12.3. The second kappa shape index (κ2) is 5.68. The third-order valence-corrected chi connectivity index (χ3v) is 3.35. The van der Waals surface area contributed by atoms with Gasteiger partial charge in [-0.2, -0.15) is 10.2 Å². The van der Waals surface area contributed by atoms with E-state index in [1.165, 1.54) is 0 Å². The molecule has 98 valence electrons. The van der Waals surface area contributed by atoms with Gasteiger partial charge in [0.05, 0.1) is 11.4 Å². The van der Waals surface area contributed by atoms with Crippen LogP contribution in [0.3, 0.4) is 0 Å². The molecule has 5 heteroatoms. The standard InChI is InChI=1S/C14H12Cl2N2O/c1-8-5-12(9(2)18-17-8)14(19)6-10-3-4-11(15)7-13(10)16/h3-5,7H,6H2,1-2H3. The lowest BCUT2D eigenvalue weighted by molar-refractivity contribution is 0.0991. The lowest BCUT2D eigenvalue weighted by Crippen LogP contribution is -2.09. The molecular formula is C14H12Cl2N2O. The van der Waals surface area contributed by atoms with Gasteiger partial charge in [-0.15, -0.1) is 0 Å². The molecule has 0 N–H and O–H groups in total. The molecule has 0 radical (unpaired) electrons. The van der Waals surface area contributed by atoms with E-state index >= 15 is 0 Å². The summed E-state index contributed by atoms with van der Waals surface area (Å²) in [6, 6.07) is 6.86. The summed E-state index contributed by atoms with van der Waals surface area (Å²) in [6.07, 6.45) is 0.224. The molecule has 0 aliphatic carbocycles. The van der Waals surface area contributed by atoms with Gasteiger partial charge in [-0.3, -0.25) is 4.79 Å². The molecule has 0 spiro atoms. The molecule has 0 amide bonds. The van der Waals surface area contributed by atoms with Crippen LogP contribution in [0.2, 0.25) is 10.0 Å². The first-order valence-corrected chi connectivity index (χ1v) is 6.51. The Labute approximate surface area is 121 Å². The van der Waals surface area contributed by atoms with Crippen molar-refractivity contribution < 1.29 is 4.79 Å². The van der Waals surface area contributed by atoms with E-state index in [9.17, 15) is 4.79 Å². The maximum absolute atomic E-state index is 12.3. The number of nitrogens with zero attached hydrogens (tertiary/aromatic N) is 2. The van der Waals surface area contributed by atoms with Crippen molar-refractivity contribution in [3.05, 3.63) is 56.8 Å². The van der Waals surface area contributed by atoms with E-state index in [4.69, 9.17) is 23.2 Å². The number of carbonyl (C=O) groups is 1. The SMILES string of the molecule is Cc1cc(C(=O)Cc2ccc(Cl)cc2Cl)c(C)nn1. The Balaban J connectivity index is 2.28. The summed E-state index contributed by atoms with van der Waals surface area (Å²) in [5.74, 6) is -0.0280. The van der Waals surface area contributed by atoms with Gasteiger partial charge in [-0.1, -0.05) is 29.3 Å². The molecule has 0 aliphatic heterocycles. The molecule has 0 aliphatic rings. The monoisotopic (exact) mass is 294 g/mol. The lowest BCUT2D eigenvalue weighted by Gasteiger charge is -2.06. The summed E-state index contributed by atoms with van der Waals surface area (Å²) in [4.78, 5) is 12.3. The van der Waals surface area contributed by atoms with E-state index < -0.39 is 0 Å². The fraction of sp³-hybridized carbons (Fsp3) is 0.214. The van der Waals surface area contributed by atoms with Gasteiger partial charge in [0.25, 0.3) is 0 Å². The summed E-state index contributed by atoms with van der Waals surface area (Å²) < 4.78 is 0. The number of ketones is 1. The topological polar surface area (TPSA) is 42.9 Å². The van der Waals surface area contributed by atoms with E-state index in [-0.39, 0.29) is 12.2 Å². The summed E-state index contributed by atoms with van der Waals surface area (Å²) >= 11 is 11.9. The van der Waals surface area contributed by atoms with Crippen LogP contribution in [0.5, 0.6) is 0 Å². The van der Waals surface area contributed by atoms with Gasteiger partial charge >= 0.3 is 0 Å². The third kappa shape index (κ3) is 3.31. The van der Waals surface area contributed by atoms with Gasteiger partial charge in [0.2, 0.25) is 0 Å². The molecule has 0 atom stereocenters. The van der Waals surface area contributed by atoms with Crippen molar-refractivity contribution in [1.29, 1.82) is 0 Å². The Morgan fingerprint density at radius 1 is 1.16 bits per heavy atom.